The largest absolute Gasteiger partial charge is 0.458 e. The number of carbonyl (C=O) groups is 2. The molecule has 1 heterocycles. The summed E-state index contributed by atoms with van der Waals surface area (Å²) in [6, 6.07) is 0. The second-order valence-corrected chi connectivity index (χ2v) is 6.95. The molecule has 0 bridgehead atoms. The Labute approximate surface area is 146 Å². The molecular weight excluding hydrogens is 324 g/mol. The van der Waals surface area contributed by atoms with Crippen LogP contribution < -0.4 is 0 Å². The number of hydrogen-bond donors (Lipinski definition) is 2. The van der Waals surface area contributed by atoms with E-state index < -0.39 is 42.8 Å². The molecule has 2 saturated carbocycles. The maximum atomic E-state index is 12.0. The van der Waals surface area contributed by atoms with E-state index in [0.29, 0.717) is 18.4 Å². The molecule has 2 N–H and O–H groups in total. The average Bonchev–Trinajstić information content (AvgIpc) is 3.00. The Morgan fingerprint density at radius 2 is 1.96 bits per heavy atom. The summed E-state index contributed by atoms with van der Waals surface area (Å²) in [7, 11) is 0. The van der Waals surface area contributed by atoms with Gasteiger partial charge in [0.15, 0.2) is 0 Å². The first-order valence-electron chi connectivity index (χ1n) is 8.20. The second kappa shape index (κ2) is 6.28. The van der Waals surface area contributed by atoms with E-state index in [4.69, 9.17) is 14.6 Å². The van der Waals surface area contributed by atoms with E-state index in [1.165, 1.54) is 0 Å². The minimum atomic E-state index is -0.787. The first kappa shape index (κ1) is 17.6. The van der Waals surface area contributed by atoms with Crippen LogP contribution in [0.5, 0.6) is 0 Å². The summed E-state index contributed by atoms with van der Waals surface area (Å²) in [5.74, 6) is -2.12. The summed E-state index contributed by atoms with van der Waals surface area (Å²) in [5.41, 5.74) is 1.66. The lowest BCUT2D eigenvalue weighted by molar-refractivity contribution is -0.144. The van der Waals surface area contributed by atoms with Gasteiger partial charge in [0.05, 0.1) is 24.2 Å². The van der Waals surface area contributed by atoms with Crippen LogP contribution in [0, 0.1) is 17.8 Å². The molecule has 0 aromatic rings. The van der Waals surface area contributed by atoms with Gasteiger partial charge in [0.1, 0.15) is 12.2 Å². The third-order valence-corrected chi connectivity index (χ3v) is 5.50. The van der Waals surface area contributed by atoms with Crippen molar-refractivity contribution < 1.29 is 29.3 Å². The molecule has 6 atom stereocenters. The smallest absolute Gasteiger partial charge is 0.336 e. The van der Waals surface area contributed by atoms with Gasteiger partial charge in [-0.25, -0.2) is 9.59 Å². The summed E-state index contributed by atoms with van der Waals surface area (Å²) < 4.78 is 10.9. The first-order chi connectivity index (χ1) is 11.8. The number of rotatable bonds is 3. The Kier molecular flexibility index (Phi) is 4.43. The number of fused-ring (bicyclic) bond motifs is 3. The van der Waals surface area contributed by atoms with Gasteiger partial charge in [-0.05, 0) is 24.3 Å². The van der Waals surface area contributed by atoms with Gasteiger partial charge in [0.2, 0.25) is 0 Å². The minimum absolute atomic E-state index is 0.0345. The van der Waals surface area contributed by atoms with E-state index in [1.807, 2.05) is 0 Å². The summed E-state index contributed by atoms with van der Waals surface area (Å²) >= 11 is 0. The van der Waals surface area contributed by atoms with Crippen molar-refractivity contribution in [3.05, 3.63) is 48.6 Å². The van der Waals surface area contributed by atoms with E-state index in [0.717, 1.165) is 5.57 Å². The molecule has 0 amide bonds. The maximum absolute atomic E-state index is 12.0. The molecule has 25 heavy (non-hydrogen) atoms. The second-order valence-electron chi connectivity index (χ2n) is 6.95. The highest BCUT2D eigenvalue weighted by Gasteiger charge is 2.56. The number of ether oxygens (including phenoxy) is 2. The Bertz CT molecular complexity index is 690. The van der Waals surface area contributed by atoms with Gasteiger partial charge < -0.3 is 19.7 Å². The normalized spacial score (nSPS) is 37.2. The van der Waals surface area contributed by atoms with Gasteiger partial charge in [-0.1, -0.05) is 31.9 Å². The average molecular weight is 346 g/mol. The standard InChI is InChI=1S/C19H22O6/c1-8-5-13(21)16-11(4)19(23)25-17(16)15-10(3)14(6-12(8)15)24-18(22)9(2)7-20/h12-17,20-21H,1-7H2/t12-,13-,14-,15-,16+,17+/m0/s1. The van der Waals surface area contributed by atoms with Crippen LogP contribution in [0.1, 0.15) is 12.8 Å². The molecule has 0 radical (unpaired) electrons. The van der Waals surface area contributed by atoms with Crippen LogP contribution in [0.2, 0.25) is 0 Å². The fraction of sp³-hybridized carbons (Fsp3) is 0.474. The highest BCUT2D eigenvalue weighted by atomic mass is 16.6. The molecule has 3 aliphatic rings. The SMILES string of the molecule is C=C(CO)C(=O)O[C@H]1C[C@H]2C(=C)C[C@H](O)[C@H]3C(=C)C(=O)O[C@@H]3[C@H]2C1=C. The van der Waals surface area contributed by atoms with E-state index in [2.05, 4.69) is 26.3 Å². The quantitative estimate of drug-likeness (QED) is 0.451. The molecule has 1 aliphatic heterocycles. The van der Waals surface area contributed by atoms with Crippen LogP contribution in [0.4, 0.5) is 0 Å². The third kappa shape index (κ3) is 2.75. The zero-order chi connectivity index (χ0) is 18.5. The van der Waals surface area contributed by atoms with Crippen molar-refractivity contribution in [1.82, 2.24) is 0 Å². The molecule has 3 rings (SSSR count). The topological polar surface area (TPSA) is 93.1 Å². The summed E-state index contributed by atoms with van der Waals surface area (Å²) in [6.07, 6.45) is -1.17. The van der Waals surface area contributed by atoms with E-state index >= 15 is 0 Å². The van der Waals surface area contributed by atoms with Crippen molar-refractivity contribution in [2.45, 2.75) is 31.2 Å². The van der Waals surface area contributed by atoms with Crippen LogP contribution >= 0.6 is 0 Å². The van der Waals surface area contributed by atoms with E-state index in [-0.39, 0.29) is 23.0 Å². The zero-order valence-corrected chi connectivity index (χ0v) is 13.9. The van der Waals surface area contributed by atoms with Crippen LogP contribution in [0.15, 0.2) is 48.6 Å². The Morgan fingerprint density at radius 1 is 1.28 bits per heavy atom. The molecular formula is C19H22O6. The minimum Gasteiger partial charge on any atom is -0.458 e. The van der Waals surface area contributed by atoms with Gasteiger partial charge in [-0.2, -0.15) is 0 Å². The van der Waals surface area contributed by atoms with Crippen LogP contribution in [0.3, 0.4) is 0 Å². The fourth-order valence-corrected chi connectivity index (χ4v) is 4.16. The van der Waals surface area contributed by atoms with Gasteiger partial charge in [0, 0.05) is 11.5 Å². The molecule has 6 nitrogen and oxygen atoms in total. The highest BCUT2D eigenvalue weighted by molar-refractivity contribution is 5.91. The van der Waals surface area contributed by atoms with Gasteiger partial charge >= 0.3 is 11.9 Å². The predicted octanol–water partition coefficient (Wildman–Crippen LogP) is 1.06. The van der Waals surface area contributed by atoms with Crippen molar-refractivity contribution >= 4 is 11.9 Å². The van der Waals surface area contributed by atoms with Gasteiger partial charge in [-0.15, -0.1) is 0 Å². The summed E-state index contributed by atoms with van der Waals surface area (Å²) in [5, 5.41) is 19.5. The van der Waals surface area contributed by atoms with Gasteiger partial charge in [0.25, 0.3) is 0 Å². The van der Waals surface area contributed by atoms with E-state index in [1.54, 1.807) is 0 Å². The van der Waals surface area contributed by atoms with E-state index in [9.17, 15) is 14.7 Å². The lowest BCUT2D eigenvalue weighted by Gasteiger charge is -2.27. The Balaban J connectivity index is 1.88. The Hall–Kier alpha value is -2.18. The van der Waals surface area contributed by atoms with Crippen molar-refractivity contribution in [2.24, 2.45) is 17.8 Å². The molecule has 1 saturated heterocycles. The lowest BCUT2D eigenvalue weighted by atomic mass is 9.81. The molecule has 0 aromatic heterocycles. The summed E-state index contributed by atoms with van der Waals surface area (Å²) in [4.78, 5) is 23.9. The number of carbonyl (C=O) groups excluding carboxylic acids is 2. The fourth-order valence-electron chi connectivity index (χ4n) is 4.16. The van der Waals surface area contributed by atoms with Crippen LogP contribution in [0.25, 0.3) is 0 Å². The monoisotopic (exact) mass is 346 g/mol. The Morgan fingerprint density at radius 3 is 2.60 bits per heavy atom. The molecule has 2 aliphatic carbocycles. The van der Waals surface area contributed by atoms with Crippen molar-refractivity contribution in [1.29, 1.82) is 0 Å². The molecule has 0 aromatic carbocycles. The summed E-state index contributed by atoms with van der Waals surface area (Å²) in [6.45, 7) is 14.9. The maximum Gasteiger partial charge on any atom is 0.336 e. The number of hydrogen-bond acceptors (Lipinski definition) is 6. The number of aliphatic hydroxyl groups is 2. The van der Waals surface area contributed by atoms with Crippen molar-refractivity contribution in [3.8, 4) is 0 Å². The van der Waals surface area contributed by atoms with Crippen molar-refractivity contribution in [2.75, 3.05) is 6.61 Å². The third-order valence-electron chi connectivity index (χ3n) is 5.50. The predicted molar refractivity (Wildman–Crippen MR) is 89.1 cm³/mol. The molecule has 6 heteroatoms. The van der Waals surface area contributed by atoms with Crippen LogP contribution in [-0.2, 0) is 19.1 Å². The molecule has 134 valence electrons. The lowest BCUT2D eigenvalue weighted by Crippen LogP contribution is -2.34. The number of aliphatic hydroxyl groups excluding tert-OH is 2. The zero-order valence-electron chi connectivity index (χ0n) is 13.9. The highest BCUT2D eigenvalue weighted by Crippen LogP contribution is 2.52. The van der Waals surface area contributed by atoms with Crippen LogP contribution in [-0.4, -0.2) is 47.1 Å². The molecule has 0 unspecified atom stereocenters. The van der Waals surface area contributed by atoms with Gasteiger partial charge in [-0.3, -0.25) is 0 Å². The number of esters is 2. The molecule has 3 fully saturated rings. The molecule has 0 spiro atoms. The van der Waals surface area contributed by atoms with Crippen molar-refractivity contribution in [3.63, 3.8) is 0 Å². The first-order valence-corrected chi connectivity index (χ1v) is 8.20.